The molecule has 138 valence electrons. The molecular weight excluding hydrogens is 415 g/mol. The van der Waals surface area contributed by atoms with Crippen molar-refractivity contribution >= 4 is 22.6 Å². The molecule has 0 radical (unpaired) electrons. The fraction of sp³-hybridized carbons (Fsp3) is 0.833. The summed E-state index contributed by atoms with van der Waals surface area (Å²) in [5.41, 5.74) is 3.79. The van der Waals surface area contributed by atoms with Crippen molar-refractivity contribution in [3.8, 4) is 0 Å². The van der Waals surface area contributed by atoms with Gasteiger partial charge in [0.2, 0.25) is 0 Å². The summed E-state index contributed by atoms with van der Waals surface area (Å²) < 4.78 is 0.919. The highest BCUT2D eigenvalue weighted by molar-refractivity contribution is 14.1. The highest BCUT2D eigenvalue weighted by Gasteiger charge is 2.40. The molecule has 0 N–H and O–H groups in total. The van der Waals surface area contributed by atoms with Gasteiger partial charge in [-0.1, -0.05) is 58.7 Å². The number of hydrogen-bond acceptors (Lipinski definition) is 0. The first-order valence-corrected chi connectivity index (χ1v) is 12.6. The number of hydrogen-bond donors (Lipinski definition) is 0. The lowest BCUT2D eigenvalue weighted by atomic mass is 9.59. The molecule has 0 aromatic rings. The van der Waals surface area contributed by atoms with E-state index in [1.165, 1.54) is 70.6 Å². The van der Waals surface area contributed by atoms with Gasteiger partial charge in [0, 0.05) is 3.92 Å². The predicted octanol–water partition coefficient (Wildman–Crippen LogP) is 7.48. The summed E-state index contributed by atoms with van der Waals surface area (Å²) in [6.45, 7) is 0. The van der Waals surface area contributed by atoms with Crippen LogP contribution in [0.2, 0.25) is 0 Å². The van der Waals surface area contributed by atoms with Crippen LogP contribution in [0.25, 0.3) is 0 Å². The van der Waals surface area contributed by atoms with E-state index in [-0.39, 0.29) is 0 Å². The molecule has 5 rings (SSSR count). The van der Waals surface area contributed by atoms with Crippen LogP contribution in [-0.4, -0.2) is 3.92 Å². The van der Waals surface area contributed by atoms with Crippen LogP contribution in [0.3, 0.4) is 0 Å². The lowest BCUT2D eigenvalue weighted by molar-refractivity contribution is 0.146. The topological polar surface area (TPSA) is 0 Å². The Morgan fingerprint density at radius 3 is 2.40 bits per heavy atom. The van der Waals surface area contributed by atoms with Gasteiger partial charge in [-0.15, -0.1) is 0 Å². The Kier molecular flexibility index (Phi) is 5.07. The predicted molar refractivity (Wildman–Crippen MR) is 115 cm³/mol. The fourth-order valence-electron chi connectivity index (χ4n) is 7.34. The molecular formula is C24H35I. The molecule has 0 bridgehead atoms. The monoisotopic (exact) mass is 450 g/mol. The van der Waals surface area contributed by atoms with Crippen molar-refractivity contribution in [1.82, 2.24) is 0 Å². The quantitative estimate of drug-likeness (QED) is 0.221. The van der Waals surface area contributed by atoms with Crippen molar-refractivity contribution in [3.05, 3.63) is 23.3 Å². The van der Waals surface area contributed by atoms with Crippen LogP contribution in [0.1, 0.15) is 83.5 Å². The second kappa shape index (κ2) is 7.32. The third kappa shape index (κ3) is 3.41. The molecule has 3 fully saturated rings. The number of fused-ring (bicyclic) bond motifs is 4. The zero-order chi connectivity index (χ0) is 16.8. The Morgan fingerprint density at radius 2 is 1.48 bits per heavy atom. The maximum atomic E-state index is 2.78. The van der Waals surface area contributed by atoms with Crippen molar-refractivity contribution in [3.63, 3.8) is 0 Å². The van der Waals surface area contributed by atoms with Crippen LogP contribution >= 0.6 is 22.6 Å². The lowest BCUT2D eigenvalue weighted by Gasteiger charge is -2.47. The standard InChI is InChI=1S/C24H35I/c25-22-11-9-18-13-17(6-7-20(18)15-22)19-10-12-24-21(14-19)8-5-16-3-1-2-4-23(16)24/h7,12,16-19,21-23H,1-6,8-11,13-15H2. The zero-order valence-electron chi connectivity index (χ0n) is 15.8. The van der Waals surface area contributed by atoms with Crippen LogP contribution in [-0.2, 0) is 0 Å². The number of allylic oxidation sites excluding steroid dienone is 4. The van der Waals surface area contributed by atoms with E-state index in [1.807, 2.05) is 11.1 Å². The summed E-state index contributed by atoms with van der Waals surface area (Å²) >= 11 is 2.68. The summed E-state index contributed by atoms with van der Waals surface area (Å²) in [5.74, 6) is 6.02. The van der Waals surface area contributed by atoms with Crippen molar-refractivity contribution in [2.75, 3.05) is 0 Å². The largest absolute Gasteiger partial charge is 0.0847 e. The molecule has 0 amide bonds. The van der Waals surface area contributed by atoms with E-state index in [2.05, 4.69) is 34.7 Å². The van der Waals surface area contributed by atoms with E-state index in [9.17, 15) is 0 Å². The second-order valence-electron chi connectivity index (χ2n) is 9.95. The molecule has 1 heteroatoms. The minimum absolute atomic E-state index is 0.919. The molecule has 0 heterocycles. The minimum Gasteiger partial charge on any atom is -0.0847 e. The molecule has 0 aromatic carbocycles. The normalized spacial score (nSPS) is 47.0. The third-order valence-electron chi connectivity index (χ3n) is 8.68. The summed E-state index contributed by atoms with van der Waals surface area (Å²) in [7, 11) is 0. The summed E-state index contributed by atoms with van der Waals surface area (Å²) in [6.07, 6.45) is 24.9. The van der Waals surface area contributed by atoms with Crippen molar-refractivity contribution in [1.29, 1.82) is 0 Å². The summed E-state index contributed by atoms with van der Waals surface area (Å²) in [4.78, 5) is 0. The Balaban J connectivity index is 1.27. The first kappa shape index (κ1) is 17.3. The lowest BCUT2D eigenvalue weighted by Crippen LogP contribution is -2.35. The smallest absolute Gasteiger partial charge is 0.0147 e. The van der Waals surface area contributed by atoms with Crippen LogP contribution in [0.5, 0.6) is 0 Å². The fourth-order valence-corrected chi connectivity index (χ4v) is 8.21. The summed E-state index contributed by atoms with van der Waals surface area (Å²) in [5, 5.41) is 0. The van der Waals surface area contributed by atoms with Gasteiger partial charge < -0.3 is 0 Å². The van der Waals surface area contributed by atoms with E-state index < -0.39 is 0 Å². The Morgan fingerprint density at radius 1 is 0.720 bits per heavy atom. The molecule has 0 aromatic heterocycles. The van der Waals surface area contributed by atoms with E-state index in [1.54, 1.807) is 12.8 Å². The van der Waals surface area contributed by atoms with E-state index in [0.29, 0.717) is 0 Å². The molecule has 25 heavy (non-hydrogen) atoms. The third-order valence-corrected chi connectivity index (χ3v) is 9.75. The molecule has 0 saturated heterocycles. The minimum atomic E-state index is 0.919. The Labute approximate surface area is 168 Å². The molecule has 7 unspecified atom stereocenters. The molecule has 5 aliphatic carbocycles. The Bertz CT molecular complexity index is 558. The average Bonchev–Trinajstić information content (AvgIpc) is 2.67. The first-order chi connectivity index (χ1) is 12.3. The van der Waals surface area contributed by atoms with E-state index in [4.69, 9.17) is 0 Å². The van der Waals surface area contributed by atoms with Crippen molar-refractivity contribution in [2.45, 2.75) is 87.4 Å². The number of rotatable bonds is 1. The zero-order valence-corrected chi connectivity index (χ0v) is 17.9. The van der Waals surface area contributed by atoms with E-state index in [0.717, 1.165) is 39.4 Å². The van der Waals surface area contributed by atoms with Gasteiger partial charge in [0.1, 0.15) is 0 Å². The average molecular weight is 450 g/mol. The highest BCUT2D eigenvalue weighted by atomic mass is 127. The second-order valence-corrected chi connectivity index (χ2v) is 11.7. The van der Waals surface area contributed by atoms with Crippen molar-refractivity contribution < 1.29 is 0 Å². The SMILES string of the molecule is IC1CCC2CC(C3CC=C4C(CCC5CCCCC45)C3)CC=C2C1. The molecule has 0 aliphatic heterocycles. The van der Waals surface area contributed by atoms with Crippen LogP contribution in [0, 0.1) is 35.5 Å². The van der Waals surface area contributed by atoms with Gasteiger partial charge in [-0.2, -0.15) is 0 Å². The van der Waals surface area contributed by atoms with Gasteiger partial charge in [0.05, 0.1) is 0 Å². The van der Waals surface area contributed by atoms with Gasteiger partial charge in [-0.3, -0.25) is 0 Å². The molecule has 5 aliphatic rings. The van der Waals surface area contributed by atoms with Gasteiger partial charge in [0.15, 0.2) is 0 Å². The maximum Gasteiger partial charge on any atom is 0.0147 e. The first-order valence-electron chi connectivity index (χ1n) is 11.3. The highest BCUT2D eigenvalue weighted by Crippen LogP contribution is 2.52. The maximum absolute atomic E-state index is 2.78. The van der Waals surface area contributed by atoms with Crippen LogP contribution in [0.15, 0.2) is 23.3 Å². The number of alkyl halides is 1. The van der Waals surface area contributed by atoms with Gasteiger partial charge >= 0.3 is 0 Å². The van der Waals surface area contributed by atoms with Gasteiger partial charge in [-0.25, -0.2) is 0 Å². The molecule has 3 saturated carbocycles. The number of halogens is 1. The Hall–Kier alpha value is 0.210. The van der Waals surface area contributed by atoms with Gasteiger partial charge in [0.25, 0.3) is 0 Å². The summed E-state index contributed by atoms with van der Waals surface area (Å²) in [6, 6.07) is 0. The molecule has 7 atom stereocenters. The van der Waals surface area contributed by atoms with Crippen LogP contribution < -0.4 is 0 Å². The molecule has 0 spiro atoms. The van der Waals surface area contributed by atoms with E-state index >= 15 is 0 Å². The van der Waals surface area contributed by atoms with Crippen LogP contribution in [0.4, 0.5) is 0 Å². The van der Waals surface area contributed by atoms with Gasteiger partial charge in [-0.05, 0) is 106 Å². The van der Waals surface area contributed by atoms with Crippen molar-refractivity contribution in [2.24, 2.45) is 35.5 Å². The molecule has 0 nitrogen and oxygen atoms in total.